The van der Waals surface area contributed by atoms with E-state index >= 15 is 0 Å². The highest BCUT2D eigenvalue weighted by atomic mass is 35.5. The first-order valence-corrected chi connectivity index (χ1v) is 7.95. The summed E-state index contributed by atoms with van der Waals surface area (Å²) in [6, 6.07) is 18.0. The van der Waals surface area contributed by atoms with Crippen molar-refractivity contribution in [2.45, 2.75) is 0 Å². The highest BCUT2D eigenvalue weighted by molar-refractivity contribution is 6.30. The van der Waals surface area contributed by atoms with Gasteiger partial charge in [-0.2, -0.15) is 0 Å². The van der Waals surface area contributed by atoms with E-state index in [-0.39, 0.29) is 0 Å². The lowest BCUT2D eigenvalue weighted by Crippen LogP contribution is -2.03. The van der Waals surface area contributed by atoms with E-state index in [0.29, 0.717) is 27.0 Å². The van der Waals surface area contributed by atoms with Crippen molar-refractivity contribution in [1.29, 1.82) is 0 Å². The molecule has 5 heteroatoms. The van der Waals surface area contributed by atoms with Crippen LogP contribution in [0.15, 0.2) is 60.7 Å². The molecule has 3 rings (SSSR count). The van der Waals surface area contributed by atoms with Gasteiger partial charge in [0.25, 0.3) is 0 Å². The molecule has 0 N–H and O–H groups in total. The molecule has 0 bridgehead atoms. The van der Waals surface area contributed by atoms with Gasteiger partial charge in [0.1, 0.15) is 0 Å². The quantitative estimate of drug-likeness (QED) is 0.580. The molecular weight excluding hydrogens is 345 g/mol. The Morgan fingerprint density at radius 1 is 0.833 bits per heavy atom. The molecule has 24 heavy (non-hydrogen) atoms. The SMILES string of the molecule is COC(=O)c1cc(-c2ccc(Cl)cc2)nc(-c2ccc(Cl)cc2)c1. The van der Waals surface area contributed by atoms with Crippen LogP contribution in [0, 0.1) is 0 Å². The average Bonchev–Trinajstić information content (AvgIpc) is 2.62. The van der Waals surface area contributed by atoms with Gasteiger partial charge in [0, 0.05) is 21.2 Å². The summed E-state index contributed by atoms with van der Waals surface area (Å²) in [6.07, 6.45) is 0. The van der Waals surface area contributed by atoms with Crippen LogP contribution < -0.4 is 0 Å². The van der Waals surface area contributed by atoms with Gasteiger partial charge in [0.2, 0.25) is 0 Å². The first-order chi connectivity index (χ1) is 11.6. The molecule has 3 nitrogen and oxygen atoms in total. The minimum atomic E-state index is -0.414. The predicted octanol–water partition coefficient (Wildman–Crippen LogP) is 5.51. The Morgan fingerprint density at radius 2 is 1.25 bits per heavy atom. The molecule has 0 radical (unpaired) electrons. The Kier molecular flexibility index (Phi) is 4.84. The molecule has 2 aromatic carbocycles. The van der Waals surface area contributed by atoms with Gasteiger partial charge in [-0.05, 0) is 36.4 Å². The van der Waals surface area contributed by atoms with Gasteiger partial charge < -0.3 is 4.74 Å². The van der Waals surface area contributed by atoms with Crippen molar-refractivity contribution < 1.29 is 9.53 Å². The van der Waals surface area contributed by atoms with Gasteiger partial charge in [-0.25, -0.2) is 9.78 Å². The fourth-order valence-corrected chi connectivity index (χ4v) is 2.56. The van der Waals surface area contributed by atoms with Crippen LogP contribution in [-0.4, -0.2) is 18.1 Å². The Morgan fingerprint density at radius 3 is 1.62 bits per heavy atom. The summed E-state index contributed by atoms with van der Waals surface area (Å²) in [5.74, 6) is -0.414. The molecule has 0 spiro atoms. The minimum absolute atomic E-state index is 0.414. The number of halogens is 2. The largest absolute Gasteiger partial charge is 0.465 e. The molecule has 1 heterocycles. The van der Waals surface area contributed by atoms with Crippen LogP contribution in [0.5, 0.6) is 0 Å². The molecule has 0 atom stereocenters. The zero-order chi connectivity index (χ0) is 17.1. The summed E-state index contributed by atoms with van der Waals surface area (Å²) < 4.78 is 4.85. The van der Waals surface area contributed by atoms with Gasteiger partial charge in [-0.15, -0.1) is 0 Å². The lowest BCUT2D eigenvalue weighted by molar-refractivity contribution is 0.0600. The van der Waals surface area contributed by atoms with Crippen molar-refractivity contribution in [2.75, 3.05) is 7.11 Å². The number of aromatic nitrogens is 1. The van der Waals surface area contributed by atoms with E-state index in [0.717, 1.165) is 11.1 Å². The Labute approximate surface area is 149 Å². The molecule has 0 amide bonds. The first kappa shape index (κ1) is 16.5. The number of ether oxygens (including phenoxy) is 1. The lowest BCUT2D eigenvalue weighted by Gasteiger charge is -2.09. The van der Waals surface area contributed by atoms with E-state index in [1.807, 2.05) is 24.3 Å². The van der Waals surface area contributed by atoms with Crippen LogP contribution in [0.4, 0.5) is 0 Å². The number of nitrogens with zero attached hydrogens (tertiary/aromatic N) is 1. The number of carbonyl (C=O) groups is 1. The standard InChI is InChI=1S/C19H13Cl2NO2/c1-24-19(23)14-10-17(12-2-6-15(20)7-3-12)22-18(11-14)13-4-8-16(21)9-5-13/h2-11H,1H3. The monoisotopic (exact) mass is 357 g/mol. The topological polar surface area (TPSA) is 39.2 Å². The number of benzene rings is 2. The lowest BCUT2D eigenvalue weighted by atomic mass is 10.0. The van der Waals surface area contributed by atoms with Crippen LogP contribution in [0.25, 0.3) is 22.5 Å². The van der Waals surface area contributed by atoms with E-state index < -0.39 is 5.97 Å². The Hall–Kier alpha value is -2.36. The fourth-order valence-electron chi connectivity index (χ4n) is 2.30. The number of rotatable bonds is 3. The highest BCUT2D eigenvalue weighted by Crippen LogP contribution is 2.27. The number of hydrogen-bond acceptors (Lipinski definition) is 3. The smallest absolute Gasteiger partial charge is 0.338 e. The van der Waals surface area contributed by atoms with Gasteiger partial charge in [0.05, 0.1) is 24.1 Å². The normalized spacial score (nSPS) is 10.5. The van der Waals surface area contributed by atoms with E-state index in [2.05, 4.69) is 4.98 Å². The van der Waals surface area contributed by atoms with Gasteiger partial charge >= 0.3 is 5.97 Å². The second-order valence-corrected chi connectivity index (χ2v) is 6.00. The maximum Gasteiger partial charge on any atom is 0.338 e. The van der Waals surface area contributed by atoms with E-state index in [1.165, 1.54) is 7.11 Å². The minimum Gasteiger partial charge on any atom is -0.465 e. The number of carbonyl (C=O) groups excluding carboxylic acids is 1. The third-order valence-corrected chi connectivity index (χ3v) is 4.03. The molecule has 0 fully saturated rings. The van der Waals surface area contributed by atoms with Crippen LogP contribution in [0.3, 0.4) is 0 Å². The maximum absolute atomic E-state index is 12.0. The van der Waals surface area contributed by atoms with Crippen LogP contribution in [0.2, 0.25) is 10.0 Å². The fraction of sp³-hybridized carbons (Fsp3) is 0.0526. The van der Waals surface area contributed by atoms with Gasteiger partial charge in [-0.3, -0.25) is 0 Å². The summed E-state index contributed by atoms with van der Waals surface area (Å²) in [5, 5.41) is 1.28. The van der Waals surface area contributed by atoms with Crippen molar-refractivity contribution >= 4 is 29.2 Å². The summed E-state index contributed by atoms with van der Waals surface area (Å²) in [6.45, 7) is 0. The van der Waals surface area contributed by atoms with Crippen molar-refractivity contribution in [3.63, 3.8) is 0 Å². The molecular formula is C19H13Cl2NO2. The van der Waals surface area contributed by atoms with Crippen LogP contribution in [0.1, 0.15) is 10.4 Å². The van der Waals surface area contributed by atoms with E-state index in [1.54, 1.807) is 36.4 Å². The summed E-state index contributed by atoms with van der Waals surface area (Å²) >= 11 is 11.9. The van der Waals surface area contributed by atoms with Crippen molar-refractivity contribution in [3.8, 4) is 22.5 Å². The first-order valence-electron chi connectivity index (χ1n) is 7.19. The van der Waals surface area contributed by atoms with Crippen molar-refractivity contribution in [3.05, 3.63) is 76.3 Å². The molecule has 0 aliphatic carbocycles. The molecule has 0 saturated heterocycles. The van der Waals surface area contributed by atoms with Crippen LogP contribution in [-0.2, 0) is 4.74 Å². The van der Waals surface area contributed by atoms with Crippen molar-refractivity contribution in [1.82, 2.24) is 4.98 Å². The summed E-state index contributed by atoms with van der Waals surface area (Å²) in [5.41, 5.74) is 3.49. The van der Waals surface area contributed by atoms with Gasteiger partial charge in [0.15, 0.2) is 0 Å². The van der Waals surface area contributed by atoms with E-state index in [4.69, 9.17) is 27.9 Å². The Balaban J connectivity index is 2.14. The Bertz CT molecular complexity index is 811. The zero-order valence-electron chi connectivity index (χ0n) is 12.8. The predicted molar refractivity (Wildman–Crippen MR) is 96.5 cm³/mol. The number of methoxy groups -OCH3 is 1. The third-order valence-electron chi connectivity index (χ3n) is 3.53. The maximum atomic E-state index is 12.0. The zero-order valence-corrected chi connectivity index (χ0v) is 14.3. The number of pyridine rings is 1. The molecule has 120 valence electrons. The van der Waals surface area contributed by atoms with Gasteiger partial charge in [-0.1, -0.05) is 47.5 Å². The summed E-state index contributed by atoms with van der Waals surface area (Å²) in [7, 11) is 1.35. The van der Waals surface area contributed by atoms with Crippen molar-refractivity contribution in [2.24, 2.45) is 0 Å². The molecule has 0 aliphatic heterocycles. The molecule has 3 aromatic rings. The second kappa shape index (κ2) is 7.04. The molecule has 1 aromatic heterocycles. The molecule has 0 aliphatic rings. The number of hydrogen-bond donors (Lipinski definition) is 0. The molecule has 0 unspecified atom stereocenters. The van der Waals surface area contributed by atoms with Crippen LogP contribution >= 0.6 is 23.2 Å². The number of esters is 1. The second-order valence-electron chi connectivity index (χ2n) is 5.13. The molecule has 0 saturated carbocycles. The van der Waals surface area contributed by atoms with E-state index in [9.17, 15) is 4.79 Å². The third kappa shape index (κ3) is 3.58. The highest BCUT2D eigenvalue weighted by Gasteiger charge is 2.12. The summed E-state index contributed by atoms with van der Waals surface area (Å²) in [4.78, 5) is 16.7. The average molecular weight is 358 g/mol.